The Balaban J connectivity index is 1.91. The van der Waals surface area contributed by atoms with Crippen molar-refractivity contribution in [1.82, 2.24) is 0 Å². The van der Waals surface area contributed by atoms with Gasteiger partial charge in [-0.25, -0.2) is 0 Å². The molecular weight excluding hydrogens is 415 g/mol. The van der Waals surface area contributed by atoms with Crippen molar-refractivity contribution in [2.75, 3.05) is 6.61 Å². The molecule has 0 amide bonds. The molecule has 0 bridgehead atoms. The summed E-state index contributed by atoms with van der Waals surface area (Å²) >= 11 is 2.22. The van der Waals surface area contributed by atoms with E-state index in [0.717, 1.165) is 20.4 Å². The van der Waals surface area contributed by atoms with Crippen LogP contribution < -0.4 is 9.47 Å². The van der Waals surface area contributed by atoms with Gasteiger partial charge in [-0.2, -0.15) is 0 Å². The van der Waals surface area contributed by atoms with Gasteiger partial charge in [-0.15, -0.1) is 0 Å². The predicted octanol–water partition coefficient (Wildman–Crippen LogP) is 4.91. The van der Waals surface area contributed by atoms with E-state index in [1.54, 1.807) is 0 Å². The van der Waals surface area contributed by atoms with Gasteiger partial charge in [0.15, 0.2) is 11.5 Å². The molecule has 0 aliphatic rings. The van der Waals surface area contributed by atoms with E-state index in [1.807, 2.05) is 37.3 Å². The first-order valence-electron chi connectivity index (χ1n) is 7.88. The largest absolute Gasteiger partial charge is 0.490 e. The molecule has 24 heavy (non-hydrogen) atoms. The lowest BCUT2D eigenvalue weighted by atomic mass is 10.1. The Morgan fingerprint density at radius 3 is 2.58 bits per heavy atom. The third-order valence-electron chi connectivity index (χ3n) is 3.80. The van der Waals surface area contributed by atoms with Crippen molar-refractivity contribution in [1.29, 1.82) is 0 Å². The van der Waals surface area contributed by atoms with Crippen LogP contribution in [0.1, 0.15) is 18.1 Å². The van der Waals surface area contributed by atoms with E-state index in [4.69, 9.17) is 9.47 Å². The summed E-state index contributed by atoms with van der Waals surface area (Å²) < 4.78 is 12.7. The number of fused-ring (bicyclic) bond motifs is 1. The van der Waals surface area contributed by atoms with Crippen LogP contribution in [0.15, 0.2) is 54.6 Å². The second-order valence-electron chi connectivity index (χ2n) is 5.42. The zero-order chi connectivity index (χ0) is 16.9. The van der Waals surface area contributed by atoms with Crippen molar-refractivity contribution < 1.29 is 14.6 Å². The Morgan fingerprint density at radius 2 is 1.79 bits per heavy atom. The number of ether oxygens (including phenoxy) is 2. The fraction of sp³-hybridized carbons (Fsp3) is 0.200. The highest BCUT2D eigenvalue weighted by Gasteiger charge is 2.13. The normalized spacial score (nSPS) is 10.8. The summed E-state index contributed by atoms with van der Waals surface area (Å²) in [6.07, 6.45) is 0. The van der Waals surface area contributed by atoms with Gasteiger partial charge >= 0.3 is 0 Å². The van der Waals surface area contributed by atoms with Crippen LogP contribution in [-0.2, 0) is 13.2 Å². The first-order valence-corrected chi connectivity index (χ1v) is 8.96. The van der Waals surface area contributed by atoms with Gasteiger partial charge in [0.05, 0.1) is 16.8 Å². The van der Waals surface area contributed by atoms with Crippen LogP contribution in [0.25, 0.3) is 10.8 Å². The monoisotopic (exact) mass is 434 g/mol. The molecule has 0 atom stereocenters. The predicted molar refractivity (Wildman–Crippen MR) is 105 cm³/mol. The van der Waals surface area contributed by atoms with E-state index >= 15 is 0 Å². The van der Waals surface area contributed by atoms with Gasteiger partial charge in [-0.05, 0) is 63.5 Å². The van der Waals surface area contributed by atoms with Gasteiger partial charge < -0.3 is 14.6 Å². The molecule has 0 radical (unpaired) electrons. The maximum absolute atomic E-state index is 9.37. The molecule has 0 spiro atoms. The highest BCUT2D eigenvalue weighted by Crippen LogP contribution is 2.35. The van der Waals surface area contributed by atoms with Gasteiger partial charge in [0, 0.05) is 0 Å². The van der Waals surface area contributed by atoms with Crippen LogP contribution in [0.2, 0.25) is 0 Å². The van der Waals surface area contributed by atoms with E-state index in [1.165, 1.54) is 10.8 Å². The summed E-state index contributed by atoms with van der Waals surface area (Å²) in [6, 6.07) is 18.3. The molecule has 0 aliphatic heterocycles. The van der Waals surface area contributed by atoms with Gasteiger partial charge in [-0.1, -0.05) is 42.5 Å². The van der Waals surface area contributed by atoms with Crippen LogP contribution in [0.5, 0.6) is 11.5 Å². The molecule has 3 nitrogen and oxygen atoms in total. The maximum Gasteiger partial charge on any atom is 0.174 e. The van der Waals surface area contributed by atoms with E-state index in [0.29, 0.717) is 19.0 Å². The minimum absolute atomic E-state index is 0.0142. The Labute approximate surface area is 155 Å². The lowest BCUT2D eigenvalue weighted by Gasteiger charge is -2.16. The van der Waals surface area contributed by atoms with Crippen LogP contribution in [-0.4, -0.2) is 11.7 Å². The number of hydrogen-bond acceptors (Lipinski definition) is 3. The lowest BCUT2D eigenvalue weighted by molar-refractivity contribution is 0.262. The topological polar surface area (TPSA) is 38.7 Å². The molecule has 0 aromatic heterocycles. The van der Waals surface area contributed by atoms with Crippen molar-refractivity contribution in [2.24, 2.45) is 0 Å². The smallest absolute Gasteiger partial charge is 0.174 e. The molecule has 3 rings (SSSR count). The molecule has 0 saturated carbocycles. The summed E-state index contributed by atoms with van der Waals surface area (Å²) in [5.74, 6) is 1.40. The fourth-order valence-electron chi connectivity index (χ4n) is 2.68. The molecule has 0 unspecified atom stereocenters. The summed E-state index contributed by atoms with van der Waals surface area (Å²) in [6.45, 7) is 2.94. The van der Waals surface area contributed by atoms with E-state index in [9.17, 15) is 5.11 Å². The Kier molecular flexibility index (Phi) is 5.58. The lowest BCUT2D eigenvalue weighted by Crippen LogP contribution is -2.03. The zero-order valence-electron chi connectivity index (χ0n) is 13.5. The number of hydrogen-bond donors (Lipinski definition) is 1. The standard InChI is InChI=1S/C20H19IO3/c1-2-23-19-11-14(12-22)10-18(21)20(19)24-13-16-8-5-7-15-6-3-4-9-17(15)16/h3-11,22H,2,12-13H2,1H3. The second kappa shape index (κ2) is 7.85. The van der Waals surface area contributed by atoms with Crippen LogP contribution >= 0.6 is 22.6 Å². The zero-order valence-corrected chi connectivity index (χ0v) is 15.6. The Morgan fingerprint density at radius 1 is 1.00 bits per heavy atom. The summed E-state index contributed by atoms with van der Waals surface area (Å²) in [4.78, 5) is 0. The van der Waals surface area contributed by atoms with E-state index in [2.05, 4.69) is 46.9 Å². The quantitative estimate of drug-likeness (QED) is 0.561. The van der Waals surface area contributed by atoms with Crippen LogP contribution in [0, 0.1) is 3.57 Å². The third-order valence-corrected chi connectivity index (χ3v) is 4.60. The molecule has 1 N–H and O–H groups in total. The average Bonchev–Trinajstić information content (AvgIpc) is 2.61. The summed E-state index contributed by atoms with van der Waals surface area (Å²) in [5, 5.41) is 11.8. The molecule has 0 heterocycles. The van der Waals surface area contributed by atoms with Gasteiger partial charge in [0.2, 0.25) is 0 Å². The van der Waals surface area contributed by atoms with E-state index in [-0.39, 0.29) is 6.61 Å². The van der Waals surface area contributed by atoms with Crippen molar-refractivity contribution in [3.05, 3.63) is 69.3 Å². The van der Waals surface area contributed by atoms with Crippen LogP contribution in [0.3, 0.4) is 0 Å². The maximum atomic E-state index is 9.37. The van der Waals surface area contributed by atoms with Crippen molar-refractivity contribution in [3.63, 3.8) is 0 Å². The minimum Gasteiger partial charge on any atom is -0.490 e. The summed E-state index contributed by atoms with van der Waals surface area (Å²) in [5.41, 5.74) is 1.96. The SMILES string of the molecule is CCOc1cc(CO)cc(I)c1OCc1cccc2ccccc12. The van der Waals surface area contributed by atoms with Crippen molar-refractivity contribution in [3.8, 4) is 11.5 Å². The third kappa shape index (κ3) is 3.65. The molecule has 3 aromatic carbocycles. The molecule has 0 aliphatic carbocycles. The first-order chi connectivity index (χ1) is 11.7. The van der Waals surface area contributed by atoms with E-state index < -0.39 is 0 Å². The highest BCUT2D eigenvalue weighted by atomic mass is 127. The second-order valence-corrected chi connectivity index (χ2v) is 6.59. The highest BCUT2D eigenvalue weighted by molar-refractivity contribution is 14.1. The molecule has 0 saturated heterocycles. The first kappa shape index (κ1) is 17.0. The minimum atomic E-state index is -0.0142. The number of rotatable bonds is 6. The molecule has 4 heteroatoms. The van der Waals surface area contributed by atoms with Gasteiger partial charge in [0.25, 0.3) is 0 Å². The Hall–Kier alpha value is -1.79. The van der Waals surface area contributed by atoms with Gasteiger partial charge in [-0.3, -0.25) is 0 Å². The molecular formula is C20H19IO3. The summed E-state index contributed by atoms with van der Waals surface area (Å²) in [7, 11) is 0. The van der Waals surface area contributed by atoms with Gasteiger partial charge in [0.1, 0.15) is 6.61 Å². The molecule has 3 aromatic rings. The van der Waals surface area contributed by atoms with Crippen molar-refractivity contribution >= 4 is 33.4 Å². The number of aliphatic hydroxyl groups is 1. The average molecular weight is 434 g/mol. The van der Waals surface area contributed by atoms with Crippen LogP contribution in [0.4, 0.5) is 0 Å². The van der Waals surface area contributed by atoms with Crippen molar-refractivity contribution in [2.45, 2.75) is 20.1 Å². The fourth-order valence-corrected chi connectivity index (χ4v) is 3.51. The molecule has 0 fully saturated rings. The Bertz CT molecular complexity index is 840. The number of benzene rings is 3. The number of halogens is 1. The number of aliphatic hydroxyl groups excluding tert-OH is 1. The molecule has 124 valence electrons.